The fourth-order valence-corrected chi connectivity index (χ4v) is 3.27. The molecule has 31 heavy (non-hydrogen) atoms. The second-order valence-electron chi connectivity index (χ2n) is 6.91. The maximum absolute atomic E-state index is 12.6. The van der Waals surface area contributed by atoms with Crippen molar-refractivity contribution in [3.8, 4) is 11.4 Å². The number of phenols is 1. The lowest BCUT2D eigenvalue weighted by Crippen LogP contribution is -2.11. The number of hydrogen-bond donors (Lipinski definition) is 1. The summed E-state index contributed by atoms with van der Waals surface area (Å²) in [6.45, 7) is 0. The lowest BCUT2D eigenvalue weighted by atomic mass is 10.1. The van der Waals surface area contributed by atoms with Crippen LogP contribution in [-0.2, 0) is 0 Å². The van der Waals surface area contributed by atoms with Gasteiger partial charge in [-0.1, -0.05) is 42.5 Å². The molecule has 0 saturated heterocycles. The third-order valence-electron chi connectivity index (χ3n) is 4.84. The highest BCUT2D eigenvalue weighted by molar-refractivity contribution is 6.07. The van der Waals surface area contributed by atoms with Crippen molar-refractivity contribution < 1.29 is 14.3 Å². The minimum atomic E-state index is -0.688. The number of aromatic hydroxyl groups is 1. The number of hydrogen-bond acceptors (Lipinski definition) is 6. The fraction of sp³-hybridized carbons (Fsp3) is 0. The molecule has 0 spiro atoms. The Morgan fingerprint density at radius 1 is 0.935 bits per heavy atom. The second-order valence-corrected chi connectivity index (χ2v) is 6.91. The molecule has 7 nitrogen and oxygen atoms in total. The molecule has 2 aromatic heterocycles. The molecule has 0 atom stereocenters. The minimum absolute atomic E-state index is 0.000966. The zero-order valence-electron chi connectivity index (χ0n) is 16.1. The number of allylic oxidation sites excluding steroid dienone is 1. The largest absolute Gasteiger partial charge is 0.506 e. The number of nitrogens with zero attached hydrogens (tertiary/aromatic N) is 3. The van der Waals surface area contributed by atoms with Crippen LogP contribution in [0.15, 0.2) is 88.1 Å². The molecule has 0 fully saturated rings. The fourth-order valence-electron chi connectivity index (χ4n) is 3.27. The molecule has 0 radical (unpaired) electrons. The van der Waals surface area contributed by atoms with Crippen molar-refractivity contribution in [2.75, 3.05) is 0 Å². The highest BCUT2D eigenvalue weighted by Crippen LogP contribution is 2.24. The van der Waals surface area contributed by atoms with E-state index >= 15 is 0 Å². The van der Waals surface area contributed by atoms with Gasteiger partial charge in [-0.3, -0.25) is 4.79 Å². The Balaban J connectivity index is 1.47. The number of fused-ring (bicyclic) bond motifs is 2. The molecule has 0 bridgehead atoms. The van der Waals surface area contributed by atoms with Crippen molar-refractivity contribution in [1.82, 2.24) is 15.0 Å². The lowest BCUT2D eigenvalue weighted by Gasteiger charge is -2.04. The zero-order chi connectivity index (χ0) is 21.4. The van der Waals surface area contributed by atoms with E-state index in [4.69, 9.17) is 4.42 Å². The Bertz CT molecular complexity index is 1510. The number of phenolic OH excluding ortho intramolecular Hbond substituents is 1. The van der Waals surface area contributed by atoms with Crippen LogP contribution in [0, 0.1) is 0 Å². The Kier molecular flexibility index (Phi) is 4.41. The van der Waals surface area contributed by atoms with Gasteiger partial charge in [-0.15, -0.1) is 15.0 Å². The van der Waals surface area contributed by atoms with Gasteiger partial charge in [0.15, 0.2) is 5.78 Å². The van der Waals surface area contributed by atoms with Crippen LogP contribution in [0.25, 0.3) is 33.8 Å². The van der Waals surface area contributed by atoms with E-state index in [0.29, 0.717) is 33.3 Å². The predicted octanol–water partition coefficient (Wildman–Crippen LogP) is 4.13. The molecule has 150 valence electrons. The number of para-hydroxylation sites is 1. The number of rotatable bonds is 4. The molecule has 1 N–H and O–H groups in total. The summed E-state index contributed by atoms with van der Waals surface area (Å²) in [5.41, 5.74) is 2.09. The SMILES string of the molecule is O=C(/C=C/c1ccc(O)c(-n2nc3ccccc3n2)c1)c1cc2ccccc2oc1=O. The van der Waals surface area contributed by atoms with E-state index in [9.17, 15) is 14.7 Å². The first-order chi connectivity index (χ1) is 15.1. The first-order valence-corrected chi connectivity index (χ1v) is 9.49. The quantitative estimate of drug-likeness (QED) is 0.272. The van der Waals surface area contributed by atoms with Crippen LogP contribution in [0.2, 0.25) is 0 Å². The van der Waals surface area contributed by atoms with Crippen LogP contribution in [-0.4, -0.2) is 25.9 Å². The van der Waals surface area contributed by atoms with Crippen molar-refractivity contribution in [3.05, 3.63) is 100 Å². The second kappa shape index (κ2) is 7.38. The Labute approximate surface area is 175 Å². The molecular formula is C24H15N3O4. The molecule has 2 heterocycles. The van der Waals surface area contributed by atoms with Gasteiger partial charge in [0.1, 0.15) is 33.6 Å². The van der Waals surface area contributed by atoms with Gasteiger partial charge in [0, 0.05) is 5.39 Å². The molecule has 5 aromatic rings. The third kappa shape index (κ3) is 3.49. The van der Waals surface area contributed by atoms with Crippen molar-refractivity contribution >= 4 is 33.9 Å². The van der Waals surface area contributed by atoms with Crippen LogP contribution in [0.4, 0.5) is 0 Å². The third-order valence-corrected chi connectivity index (χ3v) is 4.84. The molecule has 0 aliphatic rings. The molecule has 0 saturated carbocycles. The van der Waals surface area contributed by atoms with Gasteiger partial charge in [0.05, 0.1) is 0 Å². The summed E-state index contributed by atoms with van der Waals surface area (Å²) >= 11 is 0. The van der Waals surface area contributed by atoms with E-state index in [0.717, 1.165) is 0 Å². The van der Waals surface area contributed by atoms with E-state index < -0.39 is 11.4 Å². The van der Waals surface area contributed by atoms with Gasteiger partial charge in [-0.25, -0.2) is 4.79 Å². The van der Waals surface area contributed by atoms with E-state index in [2.05, 4.69) is 10.2 Å². The lowest BCUT2D eigenvalue weighted by molar-refractivity contribution is 0.104. The summed E-state index contributed by atoms with van der Waals surface area (Å²) in [4.78, 5) is 26.1. The van der Waals surface area contributed by atoms with Crippen LogP contribution in [0.3, 0.4) is 0 Å². The van der Waals surface area contributed by atoms with Gasteiger partial charge < -0.3 is 9.52 Å². The summed E-state index contributed by atoms with van der Waals surface area (Å²) in [7, 11) is 0. The summed E-state index contributed by atoms with van der Waals surface area (Å²) in [6.07, 6.45) is 2.85. The van der Waals surface area contributed by atoms with E-state index in [1.807, 2.05) is 24.3 Å². The number of aromatic nitrogens is 3. The molecule has 3 aromatic carbocycles. The van der Waals surface area contributed by atoms with Gasteiger partial charge in [0.2, 0.25) is 0 Å². The summed E-state index contributed by atoms with van der Waals surface area (Å²) < 4.78 is 5.22. The molecule has 7 heteroatoms. The van der Waals surface area contributed by atoms with Gasteiger partial charge in [-0.2, -0.15) is 0 Å². The Morgan fingerprint density at radius 2 is 1.65 bits per heavy atom. The maximum Gasteiger partial charge on any atom is 0.347 e. The van der Waals surface area contributed by atoms with Gasteiger partial charge >= 0.3 is 5.63 Å². The molecule has 0 unspecified atom stereocenters. The highest BCUT2D eigenvalue weighted by atomic mass is 16.4. The van der Waals surface area contributed by atoms with Crippen LogP contribution in [0.5, 0.6) is 5.75 Å². The number of carbonyl (C=O) groups excluding carboxylic acids is 1. The van der Waals surface area contributed by atoms with E-state index in [1.54, 1.807) is 42.5 Å². The van der Waals surface area contributed by atoms with Crippen molar-refractivity contribution in [2.45, 2.75) is 0 Å². The predicted molar refractivity (Wildman–Crippen MR) is 116 cm³/mol. The topological polar surface area (TPSA) is 98.2 Å². The Hall–Kier alpha value is -4.52. The average molecular weight is 409 g/mol. The van der Waals surface area contributed by atoms with Gasteiger partial charge in [0.25, 0.3) is 0 Å². The normalized spacial score (nSPS) is 11.5. The summed E-state index contributed by atoms with van der Waals surface area (Å²) in [6, 6.07) is 20.7. The molecule has 0 aliphatic heterocycles. The zero-order valence-corrected chi connectivity index (χ0v) is 16.1. The smallest absolute Gasteiger partial charge is 0.347 e. The highest BCUT2D eigenvalue weighted by Gasteiger charge is 2.12. The van der Waals surface area contributed by atoms with Crippen LogP contribution < -0.4 is 5.63 Å². The minimum Gasteiger partial charge on any atom is -0.506 e. The van der Waals surface area contributed by atoms with Crippen LogP contribution in [0.1, 0.15) is 15.9 Å². The van der Waals surface area contributed by atoms with Crippen molar-refractivity contribution in [2.24, 2.45) is 0 Å². The van der Waals surface area contributed by atoms with E-state index in [1.165, 1.54) is 23.0 Å². The number of benzene rings is 3. The standard InChI is InChI=1S/C24H15N3O4/c28-21(17-14-16-5-1-4-8-23(16)31-24(17)30)11-9-15-10-12-22(29)20(13-15)27-25-18-6-2-3-7-19(18)26-27/h1-14,29H/b11-9+. The molecular weight excluding hydrogens is 394 g/mol. The first kappa shape index (κ1) is 18.5. The first-order valence-electron chi connectivity index (χ1n) is 9.49. The monoisotopic (exact) mass is 409 g/mol. The maximum atomic E-state index is 12.6. The van der Waals surface area contributed by atoms with Crippen molar-refractivity contribution in [3.63, 3.8) is 0 Å². The summed E-state index contributed by atoms with van der Waals surface area (Å²) in [5, 5.41) is 19.7. The molecule has 5 rings (SSSR count). The van der Waals surface area contributed by atoms with Crippen molar-refractivity contribution in [1.29, 1.82) is 0 Å². The van der Waals surface area contributed by atoms with Gasteiger partial charge in [-0.05, 0) is 48.0 Å². The number of ketones is 1. The van der Waals surface area contributed by atoms with Crippen LogP contribution >= 0.6 is 0 Å². The molecule has 0 amide bonds. The summed E-state index contributed by atoms with van der Waals surface area (Å²) in [5.74, 6) is -0.476. The Morgan fingerprint density at radius 3 is 2.42 bits per heavy atom. The van der Waals surface area contributed by atoms with E-state index in [-0.39, 0.29) is 11.3 Å². The average Bonchev–Trinajstić information content (AvgIpc) is 3.22. The number of carbonyl (C=O) groups is 1. The molecule has 0 aliphatic carbocycles.